The lowest BCUT2D eigenvalue weighted by Crippen LogP contribution is -2.11. The second-order valence-corrected chi connectivity index (χ2v) is 5.55. The van der Waals surface area contributed by atoms with Crippen molar-refractivity contribution in [2.75, 3.05) is 0 Å². The number of aliphatic hydroxyl groups is 1. The van der Waals surface area contributed by atoms with Crippen molar-refractivity contribution in [2.24, 2.45) is 5.73 Å². The predicted molar refractivity (Wildman–Crippen MR) is 85.8 cm³/mol. The van der Waals surface area contributed by atoms with E-state index in [1.807, 2.05) is 6.92 Å². The molecule has 22 heavy (non-hydrogen) atoms. The minimum Gasteiger partial charge on any atom is -0.453 e. The number of aliphatic hydroxyl groups excluding tert-OH is 1. The summed E-state index contributed by atoms with van der Waals surface area (Å²) in [6, 6.07) is 9.54. The Bertz CT molecular complexity index is 661. The third kappa shape index (κ3) is 3.58. The molecular formula is C17H19ClFNO2. The molecule has 2 aromatic rings. The highest BCUT2D eigenvalue weighted by Crippen LogP contribution is 2.36. The molecule has 0 radical (unpaired) electrons. The average Bonchev–Trinajstić information content (AvgIpc) is 2.51. The molecule has 3 N–H and O–H groups in total. The minimum absolute atomic E-state index is 0.0502. The SMILES string of the molecule is CC[C@H](N)c1ccc(Cl)c(Oc2cccc(C(C)O)c2)c1F. The molecule has 2 aromatic carbocycles. The largest absolute Gasteiger partial charge is 0.453 e. The van der Waals surface area contributed by atoms with E-state index in [-0.39, 0.29) is 10.8 Å². The molecule has 0 heterocycles. The van der Waals surface area contributed by atoms with Gasteiger partial charge in [0, 0.05) is 11.6 Å². The first-order valence-electron chi connectivity index (χ1n) is 7.13. The van der Waals surface area contributed by atoms with E-state index in [1.54, 1.807) is 43.3 Å². The Morgan fingerprint density at radius 3 is 2.68 bits per heavy atom. The van der Waals surface area contributed by atoms with Crippen LogP contribution in [0.2, 0.25) is 5.02 Å². The summed E-state index contributed by atoms with van der Waals surface area (Å²) < 4.78 is 20.2. The van der Waals surface area contributed by atoms with Crippen LogP contribution in [-0.2, 0) is 0 Å². The zero-order chi connectivity index (χ0) is 16.3. The third-order valence-electron chi connectivity index (χ3n) is 3.48. The monoisotopic (exact) mass is 323 g/mol. The van der Waals surface area contributed by atoms with Crippen molar-refractivity contribution in [2.45, 2.75) is 32.4 Å². The topological polar surface area (TPSA) is 55.5 Å². The highest BCUT2D eigenvalue weighted by atomic mass is 35.5. The normalized spacial score (nSPS) is 13.7. The molecule has 3 nitrogen and oxygen atoms in total. The lowest BCUT2D eigenvalue weighted by Gasteiger charge is -2.16. The smallest absolute Gasteiger partial charge is 0.181 e. The Morgan fingerprint density at radius 1 is 1.32 bits per heavy atom. The van der Waals surface area contributed by atoms with E-state index in [2.05, 4.69) is 0 Å². The number of nitrogens with two attached hydrogens (primary N) is 1. The molecule has 2 rings (SSSR count). The number of rotatable bonds is 5. The molecule has 118 valence electrons. The van der Waals surface area contributed by atoms with Gasteiger partial charge in [-0.3, -0.25) is 0 Å². The Hall–Kier alpha value is -1.62. The van der Waals surface area contributed by atoms with E-state index in [0.29, 0.717) is 23.3 Å². The average molecular weight is 324 g/mol. The quantitative estimate of drug-likeness (QED) is 0.836. The standard InChI is InChI=1S/C17H19ClFNO2/c1-3-15(20)13-7-8-14(18)17(16(13)19)22-12-6-4-5-11(9-12)10(2)21/h4-10,15,21H,3,20H2,1-2H3/t10?,15-/m0/s1. The first-order valence-corrected chi connectivity index (χ1v) is 7.51. The van der Waals surface area contributed by atoms with E-state index in [9.17, 15) is 9.50 Å². The maximum absolute atomic E-state index is 14.6. The molecule has 1 unspecified atom stereocenters. The maximum atomic E-state index is 14.6. The molecule has 0 aliphatic heterocycles. The van der Waals surface area contributed by atoms with Gasteiger partial charge in [-0.15, -0.1) is 0 Å². The second kappa shape index (κ2) is 7.09. The number of halogens is 2. The first kappa shape index (κ1) is 16.7. The molecule has 0 saturated heterocycles. The Morgan fingerprint density at radius 2 is 2.05 bits per heavy atom. The van der Waals surface area contributed by atoms with Gasteiger partial charge in [-0.1, -0.05) is 36.7 Å². The van der Waals surface area contributed by atoms with Gasteiger partial charge in [0.25, 0.3) is 0 Å². The van der Waals surface area contributed by atoms with Crippen LogP contribution >= 0.6 is 11.6 Å². The molecule has 0 fully saturated rings. The molecule has 0 aliphatic rings. The summed E-state index contributed by atoms with van der Waals surface area (Å²) in [6.45, 7) is 3.53. The third-order valence-corrected chi connectivity index (χ3v) is 3.78. The van der Waals surface area contributed by atoms with Crippen molar-refractivity contribution in [3.63, 3.8) is 0 Å². The fourth-order valence-electron chi connectivity index (χ4n) is 2.10. The van der Waals surface area contributed by atoms with E-state index < -0.39 is 18.0 Å². The van der Waals surface area contributed by atoms with Crippen LogP contribution in [0.25, 0.3) is 0 Å². The fraction of sp³-hybridized carbons (Fsp3) is 0.294. The van der Waals surface area contributed by atoms with Gasteiger partial charge in [0.15, 0.2) is 11.6 Å². The molecule has 0 saturated carbocycles. The minimum atomic E-state index is -0.635. The van der Waals surface area contributed by atoms with Gasteiger partial charge in [0.05, 0.1) is 11.1 Å². The molecule has 0 bridgehead atoms. The van der Waals surface area contributed by atoms with Crippen LogP contribution in [0.3, 0.4) is 0 Å². The number of hydrogen-bond donors (Lipinski definition) is 2. The summed E-state index contributed by atoms with van der Waals surface area (Å²) in [5.41, 5.74) is 6.94. The maximum Gasteiger partial charge on any atom is 0.181 e. The summed E-state index contributed by atoms with van der Waals surface area (Å²) in [4.78, 5) is 0. The second-order valence-electron chi connectivity index (χ2n) is 5.14. The summed E-state index contributed by atoms with van der Waals surface area (Å²) in [5, 5.41) is 9.77. The summed E-state index contributed by atoms with van der Waals surface area (Å²) in [6.07, 6.45) is -0.0288. The van der Waals surface area contributed by atoms with Crippen LogP contribution in [0.1, 0.15) is 43.5 Å². The molecular weight excluding hydrogens is 305 g/mol. The van der Waals surface area contributed by atoms with Gasteiger partial charge in [-0.2, -0.15) is 0 Å². The summed E-state index contributed by atoms with van der Waals surface area (Å²) in [7, 11) is 0. The zero-order valence-electron chi connectivity index (χ0n) is 12.5. The highest BCUT2D eigenvalue weighted by Gasteiger charge is 2.18. The van der Waals surface area contributed by atoms with E-state index >= 15 is 0 Å². The molecule has 5 heteroatoms. The number of hydrogen-bond acceptors (Lipinski definition) is 3. The Labute approximate surface area is 134 Å². The van der Waals surface area contributed by atoms with Gasteiger partial charge in [0.1, 0.15) is 5.75 Å². The van der Waals surface area contributed by atoms with Crippen LogP contribution in [0.4, 0.5) is 4.39 Å². The molecule has 0 aromatic heterocycles. The van der Waals surface area contributed by atoms with Gasteiger partial charge >= 0.3 is 0 Å². The molecule has 2 atom stereocenters. The van der Waals surface area contributed by atoms with Gasteiger partial charge in [-0.25, -0.2) is 4.39 Å². The van der Waals surface area contributed by atoms with Crippen molar-refractivity contribution in [3.8, 4) is 11.5 Å². The van der Waals surface area contributed by atoms with Crippen molar-refractivity contribution in [1.82, 2.24) is 0 Å². The Balaban J connectivity index is 2.39. The van der Waals surface area contributed by atoms with Crippen molar-refractivity contribution >= 4 is 11.6 Å². The predicted octanol–water partition coefficient (Wildman–Crippen LogP) is 4.73. The highest BCUT2D eigenvalue weighted by molar-refractivity contribution is 6.32. The summed E-state index contributed by atoms with van der Waals surface area (Å²) >= 11 is 6.05. The van der Waals surface area contributed by atoms with Gasteiger partial charge in [0.2, 0.25) is 0 Å². The van der Waals surface area contributed by atoms with E-state index in [0.717, 1.165) is 0 Å². The fourth-order valence-corrected chi connectivity index (χ4v) is 2.29. The van der Waals surface area contributed by atoms with Crippen LogP contribution in [0.15, 0.2) is 36.4 Å². The van der Waals surface area contributed by atoms with Crippen molar-refractivity contribution in [1.29, 1.82) is 0 Å². The van der Waals surface area contributed by atoms with Crippen molar-refractivity contribution in [3.05, 3.63) is 58.4 Å². The van der Waals surface area contributed by atoms with Crippen LogP contribution in [-0.4, -0.2) is 5.11 Å². The lowest BCUT2D eigenvalue weighted by atomic mass is 10.0. The molecule has 0 spiro atoms. The lowest BCUT2D eigenvalue weighted by molar-refractivity contribution is 0.199. The number of ether oxygens (including phenoxy) is 1. The first-order chi connectivity index (χ1) is 10.4. The molecule has 0 amide bonds. The van der Waals surface area contributed by atoms with Crippen molar-refractivity contribution < 1.29 is 14.2 Å². The zero-order valence-corrected chi connectivity index (χ0v) is 13.3. The summed E-state index contributed by atoms with van der Waals surface area (Å²) in [5.74, 6) is -0.198. The van der Waals surface area contributed by atoms with E-state index in [1.165, 1.54) is 0 Å². The van der Waals surface area contributed by atoms with Crippen LogP contribution < -0.4 is 10.5 Å². The van der Waals surface area contributed by atoms with Gasteiger partial charge < -0.3 is 15.6 Å². The van der Waals surface area contributed by atoms with Crippen LogP contribution in [0, 0.1) is 5.82 Å². The van der Waals surface area contributed by atoms with Crippen LogP contribution in [0.5, 0.6) is 11.5 Å². The van der Waals surface area contributed by atoms with E-state index in [4.69, 9.17) is 22.1 Å². The Kier molecular flexibility index (Phi) is 5.40. The number of benzene rings is 2. The van der Waals surface area contributed by atoms with Gasteiger partial charge in [-0.05, 0) is 37.1 Å². The molecule has 0 aliphatic carbocycles.